The van der Waals surface area contributed by atoms with Crippen molar-refractivity contribution in [1.82, 2.24) is 9.97 Å². The maximum Gasteiger partial charge on any atom is 0.266 e. The van der Waals surface area contributed by atoms with Gasteiger partial charge in [0.25, 0.3) is 10.0 Å². The van der Waals surface area contributed by atoms with Gasteiger partial charge in [0.2, 0.25) is 0 Å². The molecule has 0 aliphatic rings. The van der Waals surface area contributed by atoms with Gasteiger partial charge in [0.15, 0.2) is 5.13 Å². The molecule has 33 heavy (non-hydrogen) atoms. The Labute approximate surface area is 213 Å². The van der Waals surface area contributed by atoms with Gasteiger partial charge in [-0.05, 0) is 12.1 Å². The van der Waals surface area contributed by atoms with E-state index in [0.717, 1.165) is 40.4 Å². The zero-order valence-corrected chi connectivity index (χ0v) is 21.5. The van der Waals surface area contributed by atoms with Gasteiger partial charge in [-0.3, -0.25) is 9.71 Å². The first-order chi connectivity index (χ1) is 15.7. The topological polar surface area (TPSA) is 87.2 Å². The number of hydrogen-bond acceptors (Lipinski definition) is 7. The highest BCUT2D eigenvalue weighted by Gasteiger charge is 2.23. The molecule has 0 aliphatic carbocycles. The second kappa shape index (κ2) is 9.79. The van der Waals surface area contributed by atoms with Crippen LogP contribution in [0.3, 0.4) is 0 Å². The first kappa shape index (κ1) is 23.7. The largest absolute Gasteiger partial charge is 0.351 e. The molecule has 2 aromatic heterocycles. The van der Waals surface area contributed by atoms with Gasteiger partial charge < -0.3 is 8.43 Å². The Hall–Kier alpha value is -2.48. The molecule has 0 radical (unpaired) electrons. The van der Waals surface area contributed by atoms with Crippen LogP contribution in [-0.2, 0) is 10.0 Å². The van der Waals surface area contributed by atoms with Crippen LogP contribution >= 0.6 is 45.8 Å². The van der Waals surface area contributed by atoms with Crippen LogP contribution in [0, 0.1) is 5.82 Å². The molecule has 0 saturated carbocycles. The fraction of sp³-hybridized carbons (Fsp3) is 0.0476. The molecule has 0 aliphatic heterocycles. The molecular formula is C21H16ClFIN5O2S2. The Morgan fingerprint density at radius 3 is 2.55 bits per heavy atom. The number of benzene rings is 2. The standard InChI is InChI=1S/C21H16ClFIN5O2S2/c1-29(24)19-11-16(13-5-3-2-4-6-13)26-12-18(19)27-17-10-15(23)20(9-14(17)22)33(30,31)28-21-25-7-8-32-21/h2-12,27H,1H3,(H,25,28). The molecule has 0 fully saturated rings. The highest BCUT2D eigenvalue weighted by molar-refractivity contribution is 14.1. The second-order valence-corrected chi connectivity index (χ2v) is 11.2. The molecule has 7 nitrogen and oxygen atoms in total. The molecule has 0 unspecified atom stereocenters. The lowest BCUT2D eigenvalue weighted by Crippen LogP contribution is -2.15. The molecular weight excluding hydrogens is 600 g/mol. The summed E-state index contributed by atoms with van der Waals surface area (Å²) in [5.74, 6) is -0.954. The fourth-order valence-electron chi connectivity index (χ4n) is 2.98. The predicted octanol–water partition coefficient (Wildman–Crippen LogP) is 6.33. The molecule has 4 rings (SSSR count). The van der Waals surface area contributed by atoms with E-state index in [1.165, 1.54) is 6.20 Å². The van der Waals surface area contributed by atoms with Crippen molar-refractivity contribution in [3.63, 3.8) is 0 Å². The highest BCUT2D eigenvalue weighted by Crippen LogP contribution is 2.36. The monoisotopic (exact) mass is 615 g/mol. The maximum absolute atomic E-state index is 14.8. The van der Waals surface area contributed by atoms with E-state index in [1.54, 1.807) is 11.6 Å². The summed E-state index contributed by atoms with van der Waals surface area (Å²) in [4.78, 5) is 7.78. The minimum Gasteiger partial charge on any atom is -0.351 e. The lowest BCUT2D eigenvalue weighted by molar-refractivity contribution is 0.571. The van der Waals surface area contributed by atoms with Gasteiger partial charge >= 0.3 is 0 Å². The Balaban J connectivity index is 1.66. The molecule has 0 spiro atoms. The van der Waals surface area contributed by atoms with E-state index in [1.807, 2.05) is 46.6 Å². The molecule has 170 valence electrons. The first-order valence-electron chi connectivity index (χ1n) is 9.38. The van der Waals surface area contributed by atoms with E-state index < -0.39 is 20.7 Å². The molecule has 2 heterocycles. The molecule has 12 heteroatoms. The van der Waals surface area contributed by atoms with Crippen molar-refractivity contribution in [3.05, 3.63) is 77.1 Å². The number of rotatable bonds is 7. The number of anilines is 4. The van der Waals surface area contributed by atoms with Crippen molar-refractivity contribution in [2.45, 2.75) is 4.90 Å². The smallest absolute Gasteiger partial charge is 0.266 e. The Kier molecular flexibility index (Phi) is 7.02. The van der Waals surface area contributed by atoms with E-state index in [9.17, 15) is 12.8 Å². The number of thiazole rings is 1. The van der Waals surface area contributed by atoms with Crippen LogP contribution in [0.4, 0.5) is 26.6 Å². The van der Waals surface area contributed by atoms with Crippen LogP contribution in [0.25, 0.3) is 11.3 Å². The van der Waals surface area contributed by atoms with Crippen LogP contribution in [0.2, 0.25) is 5.02 Å². The summed E-state index contributed by atoms with van der Waals surface area (Å²) in [6.45, 7) is 0. The maximum atomic E-state index is 14.8. The molecule has 0 bridgehead atoms. The van der Waals surface area contributed by atoms with E-state index in [0.29, 0.717) is 5.69 Å². The van der Waals surface area contributed by atoms with Crippen molar-refractivity contribution < 1.29 is 12.8 Å². The number of sulfonamides is 1. The summed E-state index contributed by atoms with van der Waals surface area (Å²) in [6, 6.07) is 13.7. The normalized spacial score (nSPS) is 11.3. The molecule has 2 N–H and O–H groups in total. The summed E-state index contributed by atoms with van der Waals surface area (Å²) >= 11 is 9.53. The van der Waals surface area contributed by atoms with Gasteiger partial charge in [0.1, 0.15) is 10.7 Å². The third-order valence-corrected chi connectivity index (χ3v) is 7.52. The number of nitrogens with one attached hydrogen (secondary N) is 2. The summed E-state index contributed by atoms with van der Waals surface area (Å²) < 4.78 is 44.1. The van der Waals surface area contributed by atoms with E-state index in [2.05, 4.69) is 42.9 Å². The Bertz CT molecular complexity index is 1390. The second-order valence-electron chi connectivity index (χ2n) is 6.76. The minimum atomic E-state index is -4.19. The highest BCUT2D eigenvalue weighted by atomic mass is 127. The number of halogens is 3. The minimum absolute atomic E-state index is 0.0325. The van der Waals surface area contributed by atoms with Crippen molar-refractivity contribution in [1.29, 1.82) is 0 Å². The van der Waals surface area contributed by atoms with Crippen LogP contribution in [0.1, 0.15) is 0 Å². The van der Waals surface area contributed by atoms with Crippen molar-refractivity contribution >= 4 is 78.0 Å². The summed E-state index contributed by atoms with van der Waals surface area (Å²) in [7, 11) is -2.34. The molecule has 0 amide bonds. The van der Waals surface area contributed by atoms with Crippen molar-refractivity contribution in [2.75, 3.05) is 20.2 Å². The predicted molar refractivity (Wildman–Crippen MR) is 140 cm³/mol. The summed E-state index contributed by atoms with van der Waals surface area (Å²) in [5.41, 5.74) is 3.28. The molecule has 2 aromatic carbocycles. The fourth-order valence-corrected chi connectivity index (χ4v) is 5.53. The number of nitrogens with zero attached hydrogens (tertiary/aromatic N) is 3. The zero-order chi connectivity index (χ0) is 23.6. The average molecular weight is 616 g/mol. The van der Waals surface area contributed by atoms with Gasteiger partial charge in [-0.1, -0.05) is 41.9 Å². The third kappa shape index (κ3) is 5.37. The van der Waals surface area contributed by atoms with Crippen molar-refractivity contribution in [3.8, 4) is 11.3 Å². The number of hydrogen-bond donors (Lipinski definition) is 2. The Morgan fingerprint density at radius 2 is 1.88 bits per heavy atom. The van der Waals surface area contributed by atoms with Gasteiger partial charge in [-0.15, -0.1) is 11.3 Å². The van der Waals surface area contributed by atoms with Gasteiger partial charge in [0.05, 0.1) is 56.8 Å². The molecule has 0 atom stereocenters. The van der Waals surface area contributed by atoms with Crippen LogP contribution in [0.15, 0.2) is 71.2 Å². The van der Waals surface area contributed by atoms with E-state index in [-0.39, 0.29) is 15.8 Å². The van der Waals surface area contributed by atoms with Crippen LogP contribution < -0.4 is 13.2 Å². The quantitative estimate of drug-likeness (QED) is 0.187. The van der Waals surface area contributed by atoms with Gasteiger partial charge in [-0.2, -0.15) is 0 Å². The van der Waals surface area contributed by atoms with Gasteiger partial charge in [-0.25, -0.2) is 17.8 Å². The molecule has 4 aromatic rings. The number of aromatic nitrogens is 2. The lowest BCUT2D eigenvalue weighted by atomic mass is 10.1. The molecule has 0 saturated heterocycles. The van der Waals surface area contributed by atoms with E-state index in [4.69, 9.17) is 11.6 Å². The Morgan fingerprint density at radius 1 is 1.12 bits per heavy atom. The van der Waals surface area contributed by atoms with E-state index >= 15 is 0 Å². The SMILES string of the molecule is CN(I)c1cc(-c2ccccc2)ncc1Nc1cc(F)c(S(=O)(=O)Nc2nccs2)cc1Cl. The average Bonchev–Trinajstić information content (AvgIpc) is 3.29. The number of pyridine rings is 1. The summed E-state index contributed by atoms with van der Waals surface area (Å²) in [5, 5.41) is 4.83. The van der Waals surface area contributed by atoms with Crippen LogP contribution in [0.5, 0.6) is 0 Å². The van der Waals surface area contributed by atoms with Crippen LogP contribution in [-0.4, -0.2) is 25.4 Å². The zero-order valence-electron chi connectivity index (χ0n) is 17.0. The lowest BCUT2D eigenvalue weighted by Gasteiger charge is -2.19. The third-order valence-electron chi connectivity index (χ3n) is 4.52. The van der Waals surface area contributed by atoms with Gasteiger partial charge in [0, 0.05) is 30.3 Å². The first-order valence-corrected chi connectivity index (χ1v) is 13.1. The van der Waals surface area contributed by atoms with Crippen molar-refractivity contribution in [2.24, 2.45) is 0 Å². The summed E-state index contributed by atoms with van der Waals surface area (Å²) in [6.07, 6.45) is 3.06.